The van der Waals surface area contributed by atoms with Crippen molar-refractivity contribution in [2.75, 3.05) is 0 Å². The summed E-state index contributed by atoms with van der Waals surface area (Å²) in [5, 5.41) is 7.42. The molecule has 4 aromatic carbocycles. The van der Waals surface area contributed by atoms with Gasteiger partial charge in [-0.2, -0.15) is 5.10 Å². The Kier molecular flexibility index (Phi) is 6.57. The summed E-state index contributed by atoms with van der Waals surface area (Å²) in [5.74, 6) is -0.317. The van der Waals surface area contributed by atoms with Crippen molar-refractivity contribution in [3.05, 3.63) is 112 Å². The predicted molar refractivity (Wildman–Crippen MR) is 142 cm³/mol. The molecule has 0 bridgehead atoms. The number of carbonyl (C=O) groups is 2. The Morgan fingerprint density at radius 1 is 0.886 bits per heavy atom. The Balaban J connectivity index is 1.19. The maximum absolute atomic E-state index is 12.6. The van der Waals surface area contributed by atoms with Gasteiger partial charge in [-0.15, -0.1) is 11.3 Å². The first-order valence-electron chi connectivity index (χ1n) is 10.9. The number of hydrazone groups is 1. The molecule has 0 aliphatic rings. The van der Waals surface area contributed by atoms with E-state index in [2.05, 4.69) is 10.5 Å². The van der Waals surface area contributed by atoms with Gasteiger partial charge < -0.3 is 4.74 Å². The second-order valence-electron chi connectivity index (χ2n) is 7.81. The van der Waals surface area contributed by atoms with Gasteiger partial charge in [0.1, 0.15) is 10.6 Å². The van der Waals surface area contributed by atoms with E-state index < -0.39 is 5.97 Å². The van der Waals surface area contributed by atoms with Gasteiger partial charge in [-0.1, -0.05) is 72.3 Å². The van der Waals surface area contributed by atoms with Gasteiger partial charge in [0.2, 0.25) is 5.91 Å². The lowest BCUT2D eigenvalue weighted by Crippen LogP contribution is -2.19. The van der Waals surface area contributed by atoms with E-state index in [0.29, 0.717) is 15.6 Å². The van der Waals surface area contributed by atoms with Crippen LogP contribution in [0.15, 0.2) is 96.1 Å². The van der Waals surface area contributed by atoms with Gasteiger partial charge in [-0.3, -0.25) is 4.79 Å². The van der Waals surface area contributed by atoms with E-state index in [-0.39, 0.29) is 12.3 Å². The zero-order valence-electron chi connectivity index (χ0n) is 18.4. The lowest BCUT2D eigenvalue weighted by Gasteiger charge is -2.05. The van der Waals surface area contributed by atoms with Gasteiger partial charge in [0.05, 0.1) is 17.7 Å². The van der Waals surface area contributed by atoms with Crippen molar-refractivity contribution >= 4 is 61.9 Å². The van der Waals surface area contributed by atoms with Crippen molar-refractivity contribution in [3.63, 3.8) is 0 Å². The zero-order chi connectivity index (χ0) is 24.2. The first-order valence-corrected chi connectivity index (χ1v) is 12.1. The van der Waals surface area contributed by atoms with Crippen LogP contribution in [-0.4, -0.2) is 18.1 Å². The molecule has 0 radical (unpaired) electrons. The van der Waals surface area contributed by atoms with E-state index in [1.54, 1.807) is 24.3 Å². The number of rotatable bonds is 6. The quantitative estimate of drug-likeness (QED) is 0.124. The Morgan fingerprint density at radius 3 is 2.40 bits per heavy atom. The summed E-state index contributed by atoms with van der Waals surface area (Å²) in [7, 11) is 0. The van der Waals surface area contributed by atoms with E-state index >= 15 is 0 Å². The summed E-state index contributed by atoms with van der Waals surface area (Å²) in [6, 6.07) is 28.2. The predicted octanol–water partition coefficient (Wildman–Crippen LogP) is 6.62. The minimum Gasteiger partial charge on any atom is -0.422 e. The highest BCUT2D eigenvalue weighted by atomic mass is 35.5. The number of thiophene rings is 1. The highest BCUT2D eigenvalue weighted by Crippen LogP contribution is 2.35. The summed E-state index contributed by atoms with van der Waals surface area (Å²) in [6.07, 6.45) is 1.77. The second-order valence-corrected chi connectivity index (χ2v) is 9.24. The maximum Gasteiger partial charge on any atom is 0.355 e. The number of carbonyl (C=O) groups excluding carboxylic acids is 2. The van der Waals surface area contributed by atoms with Crippen LogP contribution in [0.25, 0.3) is 20.9 Å². The van der Waals surface area contributed by atoms with Gasteiger partial charge in [0, 0.05) is 10.1 Å². The van der Waals surface area contributed by atoms with Crippen LogP contribution in [0.3, 0.4) is 0 Å². The molecule has 1 aromatic heterocycles. The molecule has 0 atom stereocenters. The average molecular weight is 499 g/mol. The summed E-state index contributed by atoms with van der Waals surface area (Å²) < 4.78 is 6.41. The number of esters is 1. The molecule has 1 amide bonds. The normalized spacial score (nSPS) is 11.2. The van der Waals surface area contributed by atoms with Crippen molar-refractivity contribution in [3.8, 4) is 5.75 Å². The van der Waals surface area contributed by atoms with Crippen molar-refractivity contribution in [2.45, 2.75) is 6.42 Å². The van der Waals surface area contributed by atoms with Crippen molar-refractivity contribution in [1.29, 1.82) is 0 Å². The minimum absolute atomic E-state index is 0.205. The monoisotopic (exact) mass is 498 g/mol. The summed E-state index contributed by atoms with van der Waals surface area (Å²) >= 11 is 7.66. The molecule has 0 fully saturated rings. The van der Waals surface area contributed by atoms with Crippen LogP contribution in [-0.2, 0) is 11.2 Å². The molecule has 0 aliphatic heterocycles. The lowest BCUT2D eigenvalue weighted by atomic mass is 10.0. The molecule has 0 saturated carbocycles. The molecule has 7 heteroatoms. The van der Waals surface area contributed by atoms with Crippen molar-refractivity contribution < 1.29 is 14.3 Å². The number of ether oxygens (including phenoxy) is 1. The number of nitrogens with one attached hydrogen (secondary N) is 1. The van der Waals surface area contributed by atoms with Crippen LogP contribution < -0.4 is 10.2 Å². The number of hydrogen-bond donors (Lipinski definition) is 1. The molecule has 0 aliphatic carbocycles. The van der Waals surface area contributed by atoms with E-state index in [1.165, 1.54) is 17.6 Å². The molecular formula is C28H19ClN2O3S. The SMILES string of the molecule is O=C(Cc1cccc2ccccc12)N/N=C/c1ccc(OC(=O)c2sc3ccccc3c2Cl)cc1. The van der Waals surface area contributed by atoms with Gasteiger partial charge in [-0.25, -0.2) is 10.2 Å². The number of halogens is 1. The average Bonchev–Trinajstić information content (AvgIpc) is 3.22. The van der Waals surface area contributed by atoms with Crippen molar-refractivity contribution in [2.24, 2.45) is 5.10 Å². The third kappa shape index (κ3) is 5.09. The van der Waals surface area contributed by atoms with Crippen molar-refractivity contribution in [1.82, 2.24) is 5.43 Å². The molecule has 5 nitrogen and oxygen atoms in total. The molecule has 0 spiro atoms. The molecule has 35 heavy (non-hydrogen) atoms. The van der Waals surface area contributed by atoms with Gasteiger partial charge in [-0.05, 0) is 52.2 Å². The van der Waals surface area contributed by atoms with Gasteiger partial charge >= 0.3 is 5.97 Å². The smallest absolute Gasteiger partial charge is 0.355 e. The van der Waals surface area contributed by atoms with E-state index in [9.17, 15) is 9.59 Å². The lowest BCUT2D eigenvalue weighted by molar-refractivity contribution is -0.120. The van der Waals surface area contributed by atoms with Crippen LogP contribution in [0, 0.1) is 0 Å². The van der Waals surface area contributed by atoms with E-state index in [1.807, 2.05) is 66.7 Å². The van der Waals surface area contributed by atoms with E-state index in [4.69, 9.17) is 16.3 Å². The fourth-order valence-corrected chi connectivity index (χ4v) is 5.14. The Hall–Kier alpha value is -4.00. The molecule has 1 N–H and O–H groups in total. The van der Waals surface area contributed by atoms with Crippen LogP contribution in [0.2, 0.25) is 5.02 Å². The zero-order valence-corrected chi connectivity index (χ0v) is 20.0. The van der Waals surface area contributed by atoms with Gasteiger partial charge in [0.15, 0.2) is 0 Å². The third-order valence-corrected chi connectivity index (χ3v) is 7.10. The topological polar surface area (TPSA) is 67.8 Å². The molecule has 172 valence electrons. The Labute approximate surface area is 210 Å². The van der Waals surface area contributed by atoms with Crippen LogP contribution in [0.1, 0.15) is 20.8 Å². The molecule has 0 unspecified atom stereocenters. The number of amides is 1. The number of nitrogens with zero attached hydrogens (tertiary/aromatic N) is 1. The molecule has 5 rings (SSSR count). The Bertz CT molecular complexity index is 1570. The number of benzene rings is 4. The third-order valence-electron chi connectivity index (χ3n) is 5.44. The highest BCUT2D eigenvalue weighted by Gasteiger charge is 2.18. The fourth-order valence-electron chi connectivity index (χ4n) is 3.76. The summed E-state index contributed by atoms with van der Waals surface area (Å²) in [4.78, 5) is 25.3. The highest BCUT2D eigenvalue weighted by molar-refractivity contribution is 7.21. The number of hydrogen-bond acceptors (Lipinski definition) is 5. The summed E-state index contributed by atoms with van der Waals surface area (Å²) in [5.41, 5.74) is 4.25. The summed E-state index contributed by atoms with van der Waals surface area (Å²) in [6.45, 7) is 0. The fraction of sp³-hybridized carbons (Fsp3) is 0.0357. The van der Waals surface area contributed by atoms with Crippen LogP contribution in [0.5, 0.6) is 5.75 Å². The second kappa shape index (κ2) is 10.1. The van der Waals surface area contributed by atoms with Crippen LogP contribution in [0.4, 0.5) is 0 Å². The minimum atomic E-state index is -0.502. The Morgan fingerprint density at radius 2 is 1.60 bits per heavy atom. The molecular weight excluding hydrogens is 480 g/mol. The largest absolute Gasteiger partial charge is 0.422 e. The standard InChI is InChI=1S/C28H19ClN2O3S/c29-26-23-10-3-4-11-24(23)35-27(26)28(33)34-21-14-12-18(13-15-21)17-30-31-25(32)16-20-8-5-7-19-6-1-2-9-22(19)20/h1-15,17H,16H2,(H,31,32)/b30-17+. The van der Waals surface area contributed by atoms with E-state index in [0.717, 1.165) is 32.0 Å². The van der Waals surface area contributed by atoms with Gasteiger partial charge in [0.25, 0.3) is 0 Å². The maximum atomic E-state index is 12.6. The first-order chi connectivity index (χ1) is 17.1. The van der Waals surface area contributed by atoms with Crippen LogP contribution >= 0.6 is 22.9 Å². The first kappa shape index (κ1) is 22.8. The number of fused-ring (bicyclic) bond motifs is 2. The molecule has 0 saturated heterocycles. The molecule has 5 aromatic rings. The molecule has 1 heterocycles.